The van der Waals surface area contributed by atoms with Crippen LogP contribution in [0.15, 0.2) is 48.8 Å². The van der Waals surface area contributed by atoms with E-state index < -0.39 is 21.3 Å². The lowest BCUT2D eigenvalue weighted by Crippen LogP contribution is -2.25. The molecule has 0 amide bonds. The molecule has 3 aromatic rings. The molecular formula is C20H21F2N5O2S. The van der Waals surface area contributed by atoms with Crippen molar-refractivity contribution in [2.45, 2.75) is 0 Å². The zero-order chi connectivity index (χ0) is 21.7. The number of ether oxygens (including phenoxy) is 1. The summed E-state index contributed by atoms with van der Waals surface area (Å²) in [7, 11) is -1.32. The second kappa shape index (κ2) is 9.16. The Hall–Kier alpha value is -3.08. The standard InChI is InChI=1S/C20H21F2N5O2S/c1-29-18-9-14(21)2-3-15(18)16-10-20(26-11-17(16)22)27-19-8-13(4-6-25-19)12-30(24,28)7-5-23/h2-4,6,8-12H,5,7,23H2,1H3,(H2,24,28)(H,25,26,27). The normalized spacial score (nSPS) is 12.8. The predicted octanol–water partition coefficient (Wildman–Crippen LogP) is 2.44. The SMILES string of the molecule is COc1cc(F)ccc1-c1cc(Nc2cc(C=S(N)(=O)CCN)ccn2)ncc1F. The molecule has 3 rings (SSSR count). The summed E-state index contributed by atoms with van der Waals surface area (Å²) in [6.07, 6.45) is 2.56. The van der Waals surface area contributed by atoms with Crippen molar-refractivity contribution in [2.24, 2.45) is 10.9 Å². The van der Waals surface area contributed by atoms with Gasteiger partial charge in [0.2, 0.25) is 0 Å². The number of rotatable bonds is 7. The Morgan fingerprint density at radius 2 is 1.90 bits per heavy atom. The lowest BCUT2D eigenvalue weighted by molar-refractivity contribution is 0.412. The predicted molar refractivity (Wildman–Crippen MR) is 115 cm³/mol. The topological polar surface area (TPSA) is 116 Å². The summed E-state index contributed by atoms with van der Waals surface area (Å²) in [5.74, 6) is -0.0310. The molecule has 2 aromatic heterocycles. The van der Waals surface area contributed by atoms with E-state index in [0.29, 0.717) is 22.8 Å². The monoisotopic (exact) mass is 433 g/mol. The molecule has 0 aliphatic heterocycles. The molecule has 0 saturated heterocycles. The first-order chi connectivity index (χ1) is 14.3. The van der Waals surface area contributed by atoms with Gasteiger partial charge >= 0.3 is 0 Å². The molecule has 0 saturated carbocycles. The number of halogens is 2. The van der Waals surface area contributed by atoms with Crippen LogP contribution in [0.3, 0.4) is 0 Å². The molecule has 1 unspecified atom stereocenters. The molecule has 158 valence electrons. The van der Waals surface area contributed by atoms with Crippen LogP contribution in [0.5, 0.6) is 5.75 Å². The maximum absolute atomic E-state index is 14.4. The van der Waals surface area contributed by atoms with E-state index in [1.807, 2.05) is 0 Å². The minimum atomic E-state index is -2.70. The third-order valence-electron chi connectivity index (χ3n) is 4.12. The van der Waals surface area contributed by atoms with Gasteiger partial charge in [-0.25, -0.2) is 18.7 Å². The van der Waals surface area contributed by atoms with Crippen LogP contribution in [0.1, 0.15) is 5.56 Å². The number of anilines is 2. The molecule has 0 radical (unpaired) electrons. The number of benzene rings is 1. The molecule has 0 spiro atoms. The van der Waals surface area contributed by atoms with Gasteiger partial charge in [0, 0.05) is 50.8 Å². The molecule has 30 heavy (non-hydrogen) atoms. The molecule has 10 heteroatoms. The van der Waals surface area contributed by atoms with Crippen molar-refractivity contribution in [1.29, 1.82) is 0 Å². The summed E-state index contributed by atoms with van der Waals surface area (Å²) < 4.78 is 45.3. The van der Waals surface area contributed by atoms with E-state index in [4.69, 9.17) is 15.6 Å². The largest absolute Gasteiger partial charge is 0.496 e. The number of hydrogen-bond acceptors (Lipinski definition) is 6. The van der Waals surface area contributed by atoms with Gasteiger partial charge in [0.1, 0.15) is 29.0 Å². The zero-order valence-electron chi connectivity index (χ0n) is 16.1. The van der Waals surface area contributed by atoms with Crippen LogP contribution in [0.2, 0.25) is 0 Å². The smallest absolute Gasteiger partial charge is 0.149 e. The average Bonchev–Trinajstić information content (AvgIpc) is 2.69. The number of hydrogen-bond donors (Lipinski definition) is 3. The van der Waals surface area contributed by atoms with Crippen LogP contribution >= 0.6 is 0 Å². The minimum absolute atomic E-state index is 0.167. The van der Waals surface area contributed by atoms with Crippen LogP contribution in [0.25, 0.3) is 11.1 Å². The van der Waals surface area contributed by atoms with Crippen molar-refractivity contribution in [3.8, 4) is 16.9 Å². The van der Waals surface area contributed by atoms with Gasteiger partial charge in [-0.1, -0.05) is 0 Å². The van der Waals surface area contributed by atoms with Crippen molar-refractivity contribution in [3.05, 3.63) is 66.0 Å². The van der Waals surface area contributed by atoms with Gasteiger partial charge in [-0.05, 0) is 35.9 Å². The van der Waals surface area contributed by atoms with Gasteiger partial charge in [-0.2, -0.15) is 0 Å². The molecule has 2 heterocycles. The highest BCUT2D eigenvalue weighted by molar-refractivity contribution is 7.99. The Morgan fingerprint density at radius 3 is 2.63 bits per heavy atom. The highest BCUT2D eigenvalue weighted by atomic mass is 32.2. The molecular weight excluding hydrogens is 412 g/mol. The summed E-state index contributed by atoms with van der Waals surface area (Å²) in [5.41, 5.74) is 6.58. The first kappa shape index (κ1) is 21.6. The van der Waals surface area contributed by atoms with Gasteiger partial charge in [0.25, 0.3) is 0 Å². The Kier molecular flexibility index (Phi) is 6.60. The Balaban J connectivity index is 1.94. The first-order valence-corrected chi connectivity index (χ1v) is 10.7. The third-order valence-corrected chi connectivity index (χ3v) is 5.67. The number of nitrogens with zero attached hydrogens (tertiary/aromatic N) is 2. The number of methoxy groups -OCH3 is 1. The quantitative estimate of drug-likeness (QED) is 0.493. The van der Waals surface area contributed by atoms with Gasteiger partial charge < -0.3 is 15.8 Å². The van der Waals surface area contributed by atoms with Gasteiger partial charge in [0.15, 0.2) is 0 Å². The molecule has 5 N–H and O–H groups in total. The molecule has 0 aliphatic carbocycles. The molecule has 0 aliphatic rings. The van der Waals surface area contributed by atoms with E-state index in [-0.39, 0.29) is 23.6 Å². The van der Waals surface area contributed by atoms with Gasteiger partial charge in [0.05, 0.1) is 13.3 Å². The third kappa shape index (κ3) is 5.29. The van der Waals surface area contributed by atoms with E-state index in [2.05, 4.69) is 15.3 Å². The van der Waals surface area contributed by atoms with Crippen molar-refractivity contribution < 1.29 is 17.7 Å². The minimum Gasteiger partial charge on any atom is -0.496 e. The first-order valence-electron chi connectivity index (χ1n) is 8.88. The second-order valence-electron chi connectivity index (χ2n) is 6.38. The summed E-state index contributed by atoms with van der Waals surface area (Å²) in [5, 5.41) is 10.2. The zero-order valence-corrected chi connectivity index (χ0v) is 17.0. The fourth-order valence-electron chi connectivity index (χ4n) is 2.79. The Labute approximate surface area is 173 Å². The maximum Gasteiger partial charge on any atom is 0.149 e. The van der Waals surface area contributed by atoms with E-state index in [9.17, 15) is 13.0 Å². The molecule has 1 atom stereocenters. The lowest BCUT2D eigenvalue weighted by atomic mass is 10.0. The number of nitrogens with one attached hydrogen (secondary N) is 1. The Morgan fingerprint density at radius 1 is 1.13 bits per heavy atom. The highest BCUT2D eigenvalue weighted by Gasteiger charge is 2.14. The molecule has 1 aromatic carbocycles. The van der Waals surface area contributed by atoms with E-state index in [0.717, 1.165) is 6.20 Å². The van der Waals surface area contributed by atoms with E-state index in [1.54, 1.807) is 12.1 Å². The van der Waals surface area contributed by atoms with Crippen LogP contribution in [0.4, 0.5) is 20.4 Å². The molecule has 0 bridgehead atoms. The van der Waals surface area contributed by atoms with Crippen molar-refractivity contribution >= 4 is 26.7 Å². The van der Waals surface area contributed by atoms with Crippen molar-refractivity contribution in [3.63, 3.8) is 0 Å². The fraction of sp³-hybridized carbons (Fsp3) is 0.150. The summed E-state index contributed by atoms with van der Waals surface area (Å²) in [6.45, 7) is 0.206. The van der Waals surface area contributed by atoms with E-state index in [1.165, 1.54) is 42.9 Å². The summed E-state index contributed by atoms with van der Waals surface area (Å²) >= 11 is 0. The van der Waals surface area contributed by atoms with Crippen LogP contribution in [0, 0.1) is 11.6 Å². The highest BCUT2D eigenvalue weighted by Crippen LogP contribution is 2.33. The van der Waals surface area contributed by atoms with Gasteiger partial charge in [-0.3, -0.25) is 9.35 Å². The van der Waals surface area contributed by atoms with Crippen molar-refractivity contribution in [2.75, 3.05) is 24.7 Å². The number of nitrogens with two attached hydrogens (primary N) is 2. The van der Waals surface area contributed by atoms with E-state index >= 15 is 0 Å². The van der Waals surface area contributed by atoms with Crippen molar-refractivity contribution in [1.82, 2.24) is 9.97 Å². The Bertz CT molecular complexity index is 1180. The fourth-order valence-corrected chi connectivity index (χ4v) is 3.89. The number of pyridine rings is 2. The lowest BCUT2D eigenvalue weighted by Gasteiger charge is -2.12. The molecule has 7 nitrogen and oxygen atoms in total. The maximum atomic E-state index is 14.4. The van der Waals surface area contributed by atoms with Crippen LogP contribution < -0.4 is 20.9 Å². The van der Waals surface area contributed by atoms with Gasteiger partial charge in [-0.15, -0.1) is 0 Å². The summed E-state index contributed by atoms with van der Waals surface area (Å²) in [6, 6.07) is 8.57. The van der Waals surface area contributed by atoms with Crippen LogP contribution in [-0.2, 0) is 9.71 Å². The average molecular weight is 433 g/mol. The number of aromatic nitrogens is 2. The van der Waals surface area contributed by atoms with Crippen LogP contribution in [-0.4, -0.2) is 39.0 Å². The second-order valence-corrected chi connectivity index (χ2v) is 8.59. The molecule has 0 fully saturated rings. The summed E-state index contributed by atoms with van der Waals surface area (Å²) in [4.78, 5) is 8.20.